The molecule has 98 valence electrons. The molecule has 2 aromatic rings. The van der Waals surface area contributed by atoms with Crippen molar-refractivity contribution in [1.82, 2.24) is 9.78 Å². The second-order valence-corrected chi connectivity index (χ2v) is 4.40. The number of halogens is 1. The lowest BCUT2D eigenvalue weighted by molar-refractivity contribution is 0.269. The topological polar surface area (TPSA) is 73.9 Å². The summed E-state index contributed by atoms with van der Waals surface area (Å²) in [5.41, 5.74) is 2.30. The Hall–Kier alpha value is -2.03. The van der Waals surface area contributed by atoms with Gasteiger partial charge >= 0.3 is 0 Å². The van der Waals surface area contributed by atoms with E-state index in [9.17, 15) is 0 Å². The van der Waals surface area contributed by atoms with Crippen molar-refractivity contribution < 1.29 is 5.11 Å². The van der Waals surface area contributed by atoms with E-state index in [4.69, 9.17) is 22.0 Å². The van der Waals surface area contributed by atoms with Gasteiger partial charge in [-0.1, -0.05) is 11.6 Å². The van der Waals surface area contributed by atoms with Crippen LogP contribution in [0.3, 0.4) is 0 Å². The molecule has 0 aliphatic heterocycles. The van der Waals surface area contributed by atoms with Crippen LogP contribution in [-0.2, 0) is 13.1 Å². The molecular formula is C13H13ClN4O. The van der Waals surface area contributed by atoms with Crippen LogP contribution >= 0.6 is 11.6 Å². The summed E-state index contributed by atoms with van der Waals surface area (Å²) in [5, 5.41) is 25.4. The molecule has 0 saturated heterocycles. The van der Waals surface area contributed by atoms with Gasteiger partial charge in [-0.15, -0.1) is 0 Å². The maximum atomic E-state index is 8.80. The number of nitriles is 1. The van der Waals surface area contributed by atoms with E-state index in [1.807, 2.05) is 12.3 Å². The molecule has 19 heavy (non-hydrogen) atoms. The normalized spacial score (nSPS) is 10.2. The van der Waals surface area contributed by atoms with Crippen molar-refractivity contribution in [2.24, 2.45) is 0 Å². The van der Waals surface area contributed by atoms with Gasteiger partial charge in [0.2, 0.25) is 0 Å². The SMILES string of the molecule is N#Cc1ccc(NCc2cnn(CCO)c2)c(Cl)c1. The molecule has 0 aliphatic rings. The third kappa shape index (κ3) is 3.47. The number of anilines is 1. The van der Waals surface area contributed by atoms with Crippen molar-refractivity contribution in [2.45, 2.75) is 13.1 Å². The summed E-state index contributed by atoms with van der Waals surface area (Å²) in [6, 6.07) is 7.15. The van der Waals surface area contributed by atoms with Crippen LogP contribution in [0.2, 0.25) is 5.02 Å². The molecule has 0 amide bonds. The molecule has 0 aliphatic carbocycles. The van der Waals surface area contributed by atoms with Gasteiger partial charge in [0.05, 0.1) is 41.7 Å². The first-order valence-corrected chi connectivity index (χ1v) is 6.16. The maximum Gasteiger partial charge on any atom is 0.0992 e. The van der Waals surface area contributed by atoms with E-state index >= 15 is 0 Å². The highest BCUT2D eigenvalue weighted by Crippen LogP contribution is 2.23. The maximum absolute atomic E-state index is 8.80. The Kier molecular flexibility index (Phi) is 4.39. The molecule has 1 heterocycles. The summed E-state index contributed by atoms with van der Waals surface area (Å²) in [6.07, 6.45) is 3.60. The minimum Gasteiger partial charge on any atom is -0.394 e. The molecule has 0 fully saturated rings. The highest BCUT2D eigenvalue weighted by molar-refractivity contribution is 6.33. The third-order valence-electron chi connectivity index (χ3n) is 2.60. The molecule has 0 spiro atoms. The molecule has 5 nitrogen and oxygen atoms in total. The van der Waals surface area contributed by atoms with Crippen molar-refractivity contribution in [2.75, 3.05) is 11.9 Å². The Morgan fingerprint density at radius 1 is 1.47 bits per heavy atom. The summed E-state index contributed by atoms with van der Waals surface area (Å²) in [6.45, 7) is 1.13. The molecule has 2 rings (SSSR count). The largest absolute Gasteiger partial charge is 0.394 e. The lowest BCUT2D eigenvalue weighted by atomic mass is 10.2. The molecule has 6 heteroatoms. The third-order valence-corrected chi connectivity index (χ3v) is 2.91. The zero-order valence-corrected chi connectivity index (χ0v) is 10.9. The number of nitrogens with one attached hydrogen (secondary N) is 1. The summed E-state index contributed by atoms with van der Waals surface area (Å²) in [4.78, 5) is 0. The molecule has 0 saturated carbocycles. The van der Waals surface area contributed by atoms with E-state index < -0.39 is 0 Å². The zero-order chi connectivity index (χ0) is 13.7. The lowest BCUT2D eigenvalue weighted by Gasteiger charge is -2.07. The number of aliphatic hydroxyl groups is 1. The standard InChI is InChI=1S/C13H13ClN4O/c14-12-5-10(6-15)1-2-13(12)16-7-11-8-17-18(9-11)3-4-19/h1-2,5,8-9,16,19H,3-4,7H2. The number of nitrogens with zero attached hydrogens (tertiary/aromatic N) is 3. The molecular weight excluding hydrogens is 264 g/mol. The van der Waals surface area contributed by atoms with Crippen LogP contribution in [0.25, 0.3) is 0 Å². The monoisotopic (exact) mass is 276 g/mol. The van der Waals surface area contributed by atoms with Gasteiger partial charge in [0, 0.05) is 18.3 Å². The number of rotatable bonds is 5. The first-order valence-electron chi connectivity index (χ1n) is 5.78. The molecule has 0 unspecified atom stereocenters. The van der Waals surface area contributed by atoms with Crippen molar-refractivity contribution >= 4 is 17.3 Å². The van der Waals surface area contributed by atoms with Gasteiger partial charge in [-0.05, 0) is 18.2 Å². The predicted molar refractivity (Wildman–Crippen MR) is 72.8 cm³/mol. The Morgan fingerprint density at radius 2 is 2.32 bits per heavy atom. The van der Waals surface area contributed by atoms with Crippen LogP contribution in [0.5, 0.6) is 0 Å². The van der Waals surface area contributed by atoms with Gasteiger partial charge < -0.3 is 10.4 Å². The molecule has 2 N–H and O–H groups in total. The summed E-state index contributed by atoms with van der Waals surface area (Å²) >= 11 is 6.06. The van der Waals surface area contributed by atoms with E-state index in [2.05, 4.69) is 10.4 Å². The summed E-state index contributed by atoms with van der Waals surface area (Å²) in [7, 11) is 0. The smallest absolute Gasteiger partial charge is 0.0992 e. The fourth-order valence-electron chi connectivity index (χ4n) is 1.65. The summed E-state index contributed by atoms with van der Waals surface area (Å²) in [5.74, 6) is 0. The van der Waals surface area contributed by atoms with Crippen LogP contribution in [0.15, 0.2) is 30.6 Å². The van der Waals surface area contributed by atoms with Crippen LogP contribution < -0.4 is 5.32 Å². The van der Waals surface area contributed by atoms with Gasteiger partial charge in [0.15, 0.2) is 0 Å². The minimum absolute atomic E-state index is 0.0655. The number of aromatic nitrogens is 2. The van der Waals surface area contributed by atoms with E-state index in [1.54, 1.807) is 29.1 Å². The first kappa shape index (κ1) is 13.4. The second-order valence-electron chi connectivity index (χ2n) is 4.00. The average Bonchev–Trinajstić information content (AvgIpc) is 2.85. The predicted octanol–water partition coefficient (Wildman–Crippen LogP) is 2.01. The van der Waals surface area contributed by atoms with E-state index in [-0.39, 0.29) is 6.61 Å². The molecule has 0 bridgehead atoms. The molecule has 0 radical (unpaired) electrons. The number of hydrogen-bond donors (Lipinski definition) is 2. The lowest BCUT2D eigenvalue weighted by Crippen LogP contribution is -2.02. The zero-order valence-electron chi connectivity index (χ0n) is 10.2. The van der Waals surface area contributed by atoms with Gasteiger partial charge in [0.1, 0.15) is 0 Å². The second kappa shape index (κ2) is 6.23. The number of aliphatic hydroxyl groups excluding tert-OH is 1. The Balaban J connectivity index is 2.00. The van der Waals surface area contributed by atoms with Crippen molar-refractivity contribution in [1.29, 1.82) is 5.26 Å². The average molecular weight is 277 g/mol. The van der Waals surface area contributed by atoms with Crippen molar-refractivity contribution in [3.05, 3.63) is 46.7 Å². The van der Waals surface area contributed by atoms with Crippen molar-refractivity contribution in [3.8, 4) is 6.07 Å². The van der Waals surface area contributed by atoms with E-state index in [0.29, 0.717) is 23.7 Å². The van der Waals surface area contributed by atoms with Gasteiger partial charge in [-0.2, -0.15) is 10.4 Å². The quantitative estimate of drug-likeness (QED) is 0.876. The fourth-order valence-corrected chi connectivity index (χ4v) is 1.90. The number of hydrogen-bond acceptors (Lipinski definition) is 4. The van der Waals surface area contributed by atoms with Crippen LogP contribution in [-0.4, -0.2) is 21.5 Å². The van der Waals surface area contributed by atoms with Crippen molar-refractivity contribution in [3.63, 3.8) is 0 Å². The van der Waals surface area contributed by atoms with Crippen LogP contribution in [0.1, 0.15) is 11.1 Å². The Morgan fingerprint density at radius 3 is 3.00 bits per heavy atom. The highest BCUT2D eigenvalue weighted by Gasteiger charge is 2.03. The van der Waals surface area contributed by atoms with E-state index in [0.717, 1.165) is 11.3 Å². The molecule has 0 atom stereocenters. The van der Waals surface area contributed by atoms with Gasteiger partial charge in [0.25, 0.3) is 0 Å². The van der Waals surface area contributed by atoms with Gasteiger partial charge in [-0.3, -0.25) is 4.68 Å². The van der Waals surface area contributed by atoms with Crippen LogP contribution in [0, 0.1) is 11.3 Å². The van der Waals surface area contributed by atoms with Gasteiger partial charge in [-0.25, -0.2) is 0 Å². The summed E-state index contributed by atoms with van der Waals surface area (Å²) < 4.78 is 1.68. The fraction of sp³-hybridized carbons (Fsp3) is 0.231. The molecule has 1 aromatic heterocycles. The van der Waals surface area contributed by atoms with Crippen LogP contribution in [0.4, 0.5) is 5.69 Å². The van der Waals surface area contributed by atoms with E-state index in [1.165, 1.54) is 0 Å². The highest BCUT2D eigenvalue weighted by atomic mass is 35.5. The molecule has 1 aromatic carbocycles. The Labute approximate surface area is 116 Å². The minimum atomic E-state index is 0.0655. The first-order chi connectivity index (χ1) is 9.22. The Bertz CT molecular complexity index is 603. The number of benzene rings is 1.